The summed E-state index contributed by atoms with van der Waals surface area (Å²) in [6.45, 7) is 3.61. The van der Waals surface area contributed by atoms with E-state index < -0.39 is 0 Å². The highest BCUT2D eigenvalue weighted by Gasteiger charge is 2.21. The van der Waals surface area contributed by atoms with Crippen LogP contribution in [0.4, 0.5) is 0 Å². The summed E-state index contributed by atoms with van der Waals surface area (Å²) in [5, 5.41) is 7.29. The van der Waals surface area contributed by atoms with Gasteiger partial charge in [0.1, 0.15) is 5.82 Å². The van der Waals surface area contributed by atoms with Gasteiger partial charge in [0.05, 0.1) is 23.0 Å². The number of aromatic nitrogens is 4. The van der Waals surface area contributed by atoms with Crippen LogP contribution < -0.4 is 5.32 Å². The molecule has 0 bridgehead atoms. The second-order valence-corrected chi connectivity index (χ2v) is 5.61. The van der Waals surface area contributed by atoms with Gasteiger partial charge in [0, 0.05) is 19.4 Å². The summed E-state index contributed by atoms with van der Waals surface area (Å²) < 4.78 is 1.76. The first kappa shape index (κ1) is 15.9. The maximum atomic E-state index is 12.7. The molecule has 2 heterocycles. The van der Waals surface area contributed by atoms with Crippen molar-refractivity contribution in [1.82, 2.24) is 25.1 Å². The molecule has 6 nitrogen and oxygen atoms in total. The number of benzene rings is 1. The van der Waals surface area contributed by atoms with Crippen molar-refractivity contribution in [1.29, 1.82) is 0 Å². The van der Waals surface area contributed by atoms with Gasteiger partial charge >= 0.3 is 0 Å². The summed E-state index contributed by atoms with van der Waals surface area (Å²) in [6.07, 6.45) is 3.29. The van der Waals surface area contributed by atoms with Crippen LogP contribution in [-0.4, -0.2) is 25.7 Å². The van der Waals surface area contributed by atoms with Gasteiger partial charge in [-0.25, -0.2) is 9.97 Å². The van der Waals surface area contributed by atoms with Crippen molar-refractivity contribution >= 4 is 5.91 Å². The SMILES string of the molecule is Cc1ncc(C(=O)N[C@@H](c2ccccc2)c2ccnn2C)c(C)n1. The number of hydrogen-bond acceptors (Lipinski definition) is 4. The van der Waals surface area contributed by atoms with Crippen LogP contribution in [0.15, 0.2) is 48.8 Å². The molecule has 0 fully saturated rings. The van der Waals surface area contributed by atoms with E-state index in [2.05, 4.69) is 20.4 Å². The van der Waals surface area contributed by atoms with Gasteiger partial charge in [-0.2, -0.15) is 5.10 Å². The van der Waals surface area contributed by atoms with Crippen LogP contribution in [0.3, 0.4) is 0 Å². The van der Waals surface area contributed by atoms with Gasteiger partial charge in [0.25, 0.3) is 5.91 Å². The Morgan fingerprint density at radius 3 is 2.54 bits per heavy atom. The number of nitrogens with zero attached hydrogens (tertiary/aromatic N) is 4. The fraction of sp³-hybridized carbons (Fsp3) is 0.222. The van der Waals surface area contributed by atoms with Crippen LogP contribution in [0.25, 0.3) is 0 Å². The first-order valence-electron chi connectivity index (χ1n) is 7.70. The Hall–Kier alpha value is -3.02. The summed E-state index contributed by atoms with van der Waals surface area (Å²) in [5.74, 6) is 0.442. The summed E-state index contributed by atoms with van der Waals surface area (Å²) in [4.78, 5) is 21.1. The second kappa shape index (κ2) is 6.62. The van der Waals surface area contributed by atoms with Gasteiger partial charge in [0.2, 0.25) is 0 Å². The molecule has 6 heteroatoms. The van der Waals surface area contributed by atoms with E-state index in [-0.39, 0.29) is 11.9 Å². The predicted molar refractivity (Wildman–Crippen MR) is 90.5 cm³/mol. The van der Waals surface area contributed by atoms with E-state index >= 15 is 0 Å². The van der Waals surface area contributed by atoms with Crippen LogP contribution in [0.1, 0.15) is 39.2 Å². The number of carbonyl (C=O) groups is 1. The molecule has 0 aliphatic carbocycles. The van der Waals surface area contributed by atoms with Gasteiger partial charge in [-0.1, -0.05) is 30.3 Å². The molecule has 1 amide bonds. The zero-order chi connectivity index (χ0) is 17.1. The van der Waals surface area contributed by atoms with Gasteiger partial charge in [-0.05, 0) is 25.5 Å². The van der Waals surface area contributed by atoms with Crippen LogP contribution >= 0.6 is 0 Å². The van der Waals surface area contributed by atoms with E-state index in [9.17, 15) is 4.79 Å². The van der Waals surface area contributed by atoms with E-state index in [1.54, 1.807) is 24.0 Å². The lowest BCUT2D eigenvalue weighted by Crippen LogP contribution is -2.31. The fourth-order valence-electron chi connectivity index (χ4n) is 2.66. The van der Waals surface area contributed by atoms with E-state index in [1.807, 2.05) is 50.4 Å². The van der Waals surface area contributed by atoms with Gasteiger partial charge < -0.3 is 5.32 Å². The highest BCUT2D eigenvalue weighted by molar-refractivity contribution is 5.95. The molecule has 1 aromatic carbocycles. The molecule has 1 N–H and O–H groups in total. The van der Waals surface area contributed by atoms with Gasteiger partial charge in [0.15, 0.2) is 0 Å². The quantitative estimate of drug-likeness (QED) is 0.800. The predicted octanol–water partition coefficient (Wildman–Crippen LogP) is 2.35. The molecular formula is C18H19N5O. The van der Waals surface area contributed by atoms with Gasteiger partial charge in [-0.3, -0.25) is 9.48 Å². The number of rotatable bonds is 4. The summed E-state index contributed by atoms with van der Waals surface area (Å²) in [5.41, 5.74) is 3.03. The standard InChI is InChI=1S/C18H19N5O/c1-12-15(11-19-13(2)21-12)18(24)22-17(14-7-5-4-6-8-14)16-9-10-20-23(16)3/h4-11,17H,1-3H3,(H,22,24)/t17-/m0/s1. The van der Waals surface area contributed by atoms with E-state index in [0.717, 1.165) is 11.3 Å². The van der Waals surface area contributed by atoms with Crippen LogP contribution in [0, 0.1) is 13.8 Å². The normalized spacial score (nSPS) is 12.0. The molecule has 24 heavy (non-hydrogen) atoms. The molecule has 0 saturated carbocycles. The van der Waals surface area contributed by atoms with Crippen molar-refractivity contribution in [3.05, 3.63) is 77.1 Å². The Labute approximate surface area is 140 Å². The Morgan fingerprint density at radius 2 is 1.92 bits per heavy atom. The molecule has 0 radical (unpaired) electrons. The van der Waals surface area contributed by atoms with Crippen molar-refractivity contribution in [3.8, 4) is 0 Å². The molecule has 0 aliphatic rings. The molecule has 3 aromatic rings. The molecule has 122 valence electrons. The maximum Gasteiger partial charge on any atom is 0.255 e. The second-order valence-electron chi connectivity index (χ2n) is 5.61. The zero-order valence-corrected chi connectivity index (χ0v) is 13.9. The summed E-state index contributed by atoms with van der Waals surface area (Å²) >= 11 is 0. The Kier molecular flexibility index (Phi) is 4.37. The molecule has 0 unspecified atom stereocenters. The van der Waals surface area contributed by atoms with Crippen LogP contribution in [0.2, 0.25) is 0 Å². The number of carbonyl (C=O) groups excluding carboxylic acids is 1. The van der Waals surface area contributed by atoms with Crippen LogP contribution in [0.5, 0.6) is 0 Å². The van der Waals surface area contributed by atoms with E-state index in [4.69, 9.17) is 0 Å². The highest BCUT2D eigenvalue weighted by Crippen LogP contribution is 2.22. The number of amides is 1. The third-order valence-electron chi connectivity index (χ3n) is 3.91. The lowest BCUT2D eigenvalue weighted by Gasteiger charge is -2.20. The molecule has 0 saturated heterocycles. The number of nitrogens with one attached hydrogen (secondary N) is 1. The van der Waals surface area contributed by atoms with Crippen molar-refractivity contribution in [2.75, 3.05) is 0 Å². The minimum Gasteiger partial charge on any atom is -0.339 e. The van der Waals surface area contributed by atoms with E-state index in [1.165, 1.54) is 0 Å². The van der Waals surface area contributed by atoms with Crippen molar-refractivity contribution in [2.24, 2.45) is 7.05 Å². The summed E-state index contributed by atoms with van der Waals surface area (Å²) in [7, 11) is 1.86. The molecular weight excluding hydrogens is 302 g/mol. The zero-order valence-electron chi connectivity index (χ0n) is 13.9. The van der Waals surface area contributed by atoms with Crippen molar-refractivity contribution in [3.63, 3.8) is 0 Å². The maximum absolute atomic E-state index is 12.7. The minimum absolute atomic E-state index is 0.206. The topological polar surface area (TPSA) is 72.7 Å². The molecule has 2 aromatic heterocycles. The average molecular weight is 321 g/mol. The first-order chi connectivity index (χ1) is 11.6. The number of aryl methyl sites for hydroxylation is 3. The minimum atomic E-state index is -0.299. The van der Waals surface area contributed by atoms with E-state index in [0.29, 0.717) is 17.1 Å². The fourth-order valence-corrected chi connectivity index (χ4v) is 2.66. The molecule has 0 aliphatic heterocycles. The smallest absolute Gasteiger partial charge is 0.255 e. The largest absolute Gasteiger partial charge is 0.339 e. The molecule has 0 spiro atoms. The molecule has 1 atom stereocenters. The Bertz CT molecular complexity index is 857. The third kappa shape index (κ3) is 3.17. The Balaban J connectivity index is 1.95. The molecule has 3 rings (SSSR count). The highest BCUT2D eigenvalue weighted by atomic mass is 16.1. The first-order valence-corrected chi connectivity index (χ1v) is 7.70. The lowest BCUT2D eigenvalue weighted by molar-refractivity contribution is 0.0940. The van der Waals surface area contributed by atoms with Crippen molar-refractivity contribution < 1.29 is 4.79 Å². The van der Waals surface area contributed by atoms with Gasteiger partial charge in [-0.15, -0.1) is 0 Å². The third-order valence-corrected chi connectivity index (χ3v) is 3.91. The summed E-state index contributed by atoms with van der Waals surface area (Å²) in [6, 6.07) is 11.4. The van der Waals surface area contributed by atoms with Crippen molar-refractivity contribution in [2.45, 2.75) is 19.9 Å². The average Bonchev–Trinajstić information content (AvgIpc) is 2.99. The van der Waals surface area contributed by atoms with Crippen LogP contribution in [-0.2, 0) is 7.05 Å². The number of hydrogen-bond donors (Lipinski definition) is 1. The lowest BCUT2D eigenvalue weighted by atomic mass is 10.0. The monoisotopic (exact) mass is 321 g/mol. The Morgan fingerprint density at radius 1 is 1.17 bits per heavy atom.